The van der Waals surface area contributed by atoms with Crippen LogP contribution in [-0.2, 0) is 22.1 Å². The number of methoxy groups -OCH3 is 3. The zero-order chi connectivity index (χ0) is 25.3. The van der Waals surface area contributed by atoms with Gasteiger partial charge in [-0.1, -0.05) is 0 Å². The van der Waals surface area contributed by atoms with E-state index in [0.29, 0.717) is 38.8 Å². The first kappa shape index (κ1) is 27.1. The number of hydrogen-bond acceptors (Lipinski definition) is 6. The number of rotatable bonds is 12. The molecule has 2 rings (SSSR count). The molecule has 1 aromatic carbocycles. The second-order valence-corrected chi connectivity index (χ2v) is 7.69. The Morgan fingerprint density at radius 1 is 0.971 bits per heavy atom. The minimum absolute atomic E-state index is 0.0171. The Hall–Kier alpha value is -3.17. The standard InChI is InChI=1S/C24H30F3NO6/c1-16-10-11-18(34-16)8-7-13-28(12-6-5-9-21(29)33-4)23(30)17-14-19(31-2)22(24(25,26)27)20(15-17)32-3/h10-11,14-15H,5-9,12-13H2,1-4H3. The Morgan fingerprint density at radius 3 is 2.09 bits per heavy atom. The summed E-state index contributed by atoms with van der Waals surface area (Å²) in [6, 6.07) is 5.87. The number of esters is 1. The van der Waals surface area contributed by atoms with Gasteiger partial charge in [0.05, 0.1) is 21.3 Å². The molecule has 0 spiro atoms. The molecule has 2 aromatic rings. The maximum absolute atomic E-state index is 13.5. The van der Waals surface area contributed by atoms with Crippen LogP contribution in [0.4, 0.5) is 13.2 Å². The third-order valence-corrected chi connectivity index (χ3v) is 5.26. The first-order valence-electron chi connectivity index (χ1n) is 10.8. The van der Waals surface area contributed by atoms with E-state index in [-0.39, 0.29) is 18.0 Å². The van der Waals surface area contributed by atoms with E-state index in [0.717, 1.165) is 37.9 Å². The van der Waals surface area contributed by atoms with Gasteiger partial charge in [0.15, 0.2) is 0 Å². The molecular formula is C24H30F3NO6. The summed E-state index contributed by atoms with van der Waals surface area (Å²) < 4.78 is 60.6. The predicted octanol–water partition coefficient (Wildman–Crippen LogP) is 5.04. The summed E-state index contributed by atoms with van der Waals surface area (Å²) in [5, 5.41) is 0. The molecule has 0 saturated heterocycles. The van der Waals surface area contributed by atoms with Crippen molar-refractivity contribution in [3.8, 4) is 11.5 Å². The van der Waals surface area contributed by atoms with Crippen LogP contribution in [0.1, 0.15) is 53.1 Å². The van der Waals surface area contributed by atoms with Crippen LogP contribution in [0.25, 0.3) is 0 Å². The van der Waals surface area contributed by atoms with E-state index in [2.05, 4.69) is 4.74 Å². The molecule has 0 unspecified atom stereocenters. The number of carbonyl (C=O) groups excluding carboxylic acids is 2. The molecule has 7 nitrogen and oxygen atoms in total. The van der Waals surface area contributed by atoms with Crippen molar-refractivity contribution in [2.24, 2.45) is 0 Å². The summed E-state index contributed by atoms with van der Waals surface area (Å²) in [6.07, 6.45) is -2.29. The number of unbranched alkanes of at least 4 members (excludes halogenated alkanes) is 1. The Labute approximate surface area is 196 Å². The second-order valence-electron chi connectivity index (χ2n) is 7.69. The molecule has 0 atom stereocenters. The van der Waals surface area contributed by atoms with E-state index in [9.17, 15) is 22.8 Å². The molecule has 10 heteroatoms. The van der Waals surface area contributed by atoms with Gasteiger partial charge in [-0.25, -0.2) is 0 Å². The summed E-state index contributed by atoms with van der Waals surface area (Å²) in [4.78, 5) is 26.2. The number of alkyl halides is 3. The second kappa shape index (κ2) is 12.3. The molecule has 1 heterocycles. The lowest BCUT2D eigenvalue weighted by Crippen LogP contribution is -2.33. The van der Waals surface area contributed by atoms with Crippen LogP contribution >= 0.6 is 0 Å². The number of hydrogen-bond donors (Lipinski definition) is 0. The maximum Gasteiger partial charge on any atom is 0.423 e. The van der Waals surface area contributed by atoms with Gasteiger partial charge in [0.25, 0.3) is 5.91 Å². The number of aryl methyl sites for hydroxylation is 2. The number of furan rings is 1. The summed E-state index contributed by atoms with van der Waals surface area (Å²) in [5.41, 5.74) is -1.06. The molecule has 1 aromatic heterocycles. The molecule has 0 radical (unpaired) electrons. The molecule has 0 bridgehead atoms. The lowest BCUT2D eigenvalue weighted by atomic mass is 10.1. The fourth-order valence-corrected chi connectivity index (χ4v) is 3.55. The first-order valence-corrected chi connectivity index (χ1v) is 10.8. The molecule has 0 aliphatic heterocycles. The Balaban J connectivity index is 2.22. The number of nitrogens with zero attached hydrogens (tertiary/aromatic N) is 1. The number of amides is 1. The monoisotopic (exact) mass is 485 g/mol. The largest absolute Gasteiger partial charge is 0.496 e. The van der Waals surface area contributed by atoms with Crippen LogP contribution in [0, 0.1) is 6.92 Å². The van der Waals surface area contributed by atoms with Crippen molar-refractivity contribution in [2.75, 3.05) is 34.4 Å². The van der Waals surface area contributed by atoms with E-state index in [1.165, 1.54) is 7.11 Å². The third-order valence-electron chi connectivity index (χ3n) is 5.26. The van der Waals surface area contributed by atoms with Gasteiger partial charge < -0.3 is 23.5 Å². The quantitative estimate of drug-likeness (QED) is 0.310. The van der Waals surface area contributed by atoms with Gasteiger partial charge in [-0.15, -0.1) is 0 Å². The molecule has 34 heavy (non-hydrogen) atoms. The van der Waals surface area contributed by atoms with Crippen molar-refractivity contribution in [2.45, 2.75) is 45.2 Å². The smallest absolute Gasteiger partial charge is 0.423 e. The minimum Gasteiger partial charge on any atom is -0.496 e. The van der Waals surface area contributed by atoms with Crippen molar-refractivity contribution in [1.82, 2.24) is 4.90 Å². The van der Waals surface area contributed by atoms with Crippen LogP contribution in [0.15, 0.2) is 28.7 Å². The van der Waals surface area contributed by atoms with Crippen LogP contribution < -0.4 is 9.47 Å². The van der Waals surface area contributed by atoms with Crippen molar-refractivity contribution < 1.29 is 41.4 Å². The van der Waals surface area contributed by atoms with Gasteiger partial charge in [-0.2, -0.15) is 13.2 Å². The Morgan fingerprint density at radius 2 is 1.59 bits per heavy atom. The highest BCUT2D eigenvalue weighted by molar-refractivity contribution is 5.95. The van der Waals surface area contributed by atoms with Gasteiger partial charge in [0.2, 0.25) is 0 Å². The number of benzene rings is 1. The number of carbonyl (C=O) groups is 2. The van der Waals surface area contributed by atoms with Crippen molar-refractivity contribution in [1.29, 1.82) is 0 Å². The van der Waals surface area contributed by atoms with Crippen molar-refractivity contribution in [3.63, 3.8) is 0 Å². The molecule has 0 fully saturated rings. The lowest BCUT2D eigenvalue weighted by molar-refractivity contribution is -0.141. The average Bonchev–Trinajstić information content (AvgIpc) is 3.22. The summed E-state index contributed by atoms with van der Waals surface area (Å²) >= 11 is 0. The minimum atomic E-state index is -4.72. The van der Waals surface area contributed by atoms with Crippen LogP contribution in [0.2, 0.25) is 0 Å². The van der Waals surface area contributed by atoms with Gasteiger partial charge >= 0.3 is 12.1 Å². The summed E-state index contributed by atoms with van der Waals surface area (Å²) in [7, 11) is 3.52. The molecule has 0 N–H and O–H groups in total. The van der Waals surface area contributed by atoms with Gasteiger partial charge in [0.1, 0.15) is 28.6 Å². The Kier molecular flexibility index (Phi) is 9.83. The normalized spacial score (nSPS) is 11.3. The van der Waals surface area contributed by atoms with Gasteiger partial charge in [-0.05, 0) is 50.5 Å². The van der Waals surface area contributed by atoms with E-state index in [1.54, 1.807) is 4.90 Å². The first-order chi connectivity index (χ1) is 16.1. The highest BCUT2D eigenvalue weighted by Gasteiger charge is 2.39. The molecular weight excluding hydrogens is 455 g/mol. The molecule has 0 saturated carbocycles. The van der Waals surface area contributed by atoms with Crippen LogP contribution in [-0.4, -0.2) is 51.2 Å². The van der Waals surface area contributed by atoms with Gasteiger partial charge in [-0.3, -0.25) is 9.59 Å². The highest BCUT2D eigenvalue weighted by Crippen LogP contribution is 2.43. The zero-order valence-corrected chi connectivity index (χ0v) is 19.8. The van der Waals surface area contributed by atoms with Crippen LogP contribution in [0.5, 0.6) is 11.5 Å². The number of halogens is 3. The third kappa shape index (κ3) is 7.43. The van der Waals surface area contributed by atoms with Crippen LogP contribution in [0.3, 0.4) is 0 Å². The maximum atomic E-state index is 13.5. The molecule has 188 valence electrons. The van der Waals surface area contributed by atoms with E-state index in [1.807, 2.05) is 19.1 Å². The fourth-order valence-electron chi connectivity index (χ4n) is 3.55. The summed E-state index contributed by atoms with van der Waals surface area (Å²) in [6.45, 7) is 2.51. The molecule has 0 aliphatic rings. The van der Waals surface area contributed by atoms with E-state index < -0.39 is 29.1 Å². The number of ether oxygens (including phenoxy) is 3. The fraction of sp³-hybridized carbons (Fsp3) is 0.500. The topological polar surface area (TPSA) is 78.2 Å². The predicted molar refractivity (Wildman–Crippen MR) is 118 cm³/mol. The van der Waals surface area contributed by atoms with E-state index >= 15 is 0 Å². The van der Waals surface area contributed by atoms with Crippen molar-refractivity contribution >= 4 is 11.9 Å². The van der Waals surface area contributed by atoms with E-state index in [4.69, 9.17) is 13.9 Å². The van der Waals surface area contributed by atoms with Crippen molar-refractivity contribution in [3.05, 3.63) is 46.9 Å². The zero-order valence-electron chi connectivity index (χ0n) is 19.8. The highest BCUT2D eigenvalue weighted by atomic mass is 19.4. The molecule has 1 amide bonds. The molecule has 0 aliphatic carbocycles. The summed E-state index contributed by atoms with van der Waals surface area (Å²) in [5.74, 6) is -0.218. The van der Waals surface area contributed by atoms with Gasteiger partial charge in [0, 0.05) is 31.5 Å². The Bertz CT molecular complexity index is 945. The lowest BCUT2D eigenvalue weighted by Gasteiger charge is -2.24. The average molecular weight is 485 g/mol. The SMILES string of the molecule is COC(=O)CCCCN(CCCc1ccc(C)o1)C(=O)c1cc(OC)c(C(F)(F)F)c(OC)c1.